The van der Waals surface area contributed by atoms with Gasteiger partial charge < -0.3 is 14.7 Å². The monoisotopic (exact) mass is 360 g/mol. The third kappa shape index (κ3) is 4.06. The van der Waals surface area contributed by atoms with Crippen molar-refractivity contribution in [3.63, 3.8) is 0 Å². The maximum Gasteiger partial charge on any atom is 0.247 e. The van der Waals surface area contributed by atoms with Crippen molar-refractivity contribution < 1.29 is 9.21 Å². The van der Waals surface area contributed by atoms with Gasteiger partial charge in [0.1, 0.15) is 0 Å². The first kappa shape index (κ1) is 17.0. The molecule has 0 atom stereocenters. The molecule has 0 saturated heterocycles. The molecule has 0 unspecified atom stereocenters. The largest absolute Gasteiger partial charge is 0.421 e. The highest BCUT2D eigenvalue weighted by molar-refractivity contribution is 5.93. The molecule has 0 aliphatic heterocycles. The molecule has 2 heterocycles. The lowest BCUT2D eigenvalue weighted by molar-refractivity contribution is -0.116. The van der Waals surface area contributed by atoms with Crippen LogP contribution in [0.1, 0.15) is 24.4 Å². The summed E-state index contributed by atoms with van der Waals surface area (Å²) in [5, 5.41) is 12.1. The van der Waals surface area contributed by atoms with Crippen molar-refractivity contribution in [2.75, 3.05) is 5.32 Å². The Bertz CT molecular complexity index is 1070. The number of amides is 1. The van der Waals surface area contributed by atoms with E-state index in [1.165, 1.54) is 0 Å². The Balaban J connectivity index is 1.29. The summed E-state index contributed by atoms with van der Waals surface area (Å²) in [5.41, 5.74) is 3.86. The minimum atomic E-state index is -0.0237. The molecule has 2 N–H and O–H groups in total. The molecule has 0 fully saturated rings. The van der Waals surface area contributed by atoms with Gasteiger partial charge in [0, 0.05) is 40.7 Å². The number of nitrogens with one attached hydrogen (secondary N) is 2. The second-order valence-electron chi connectivity index (χ2n) is 6.52. The highest BCUT2D eigenvalue weighted by Gasteiger charge is 2.09. The van der Waals surface area contributed by atoms with Crippen LogP contribution in [0.3, 0.4) is 0 Å². The first-order chi connectivity index (χ1) is 13.2. The van der Waals surface area contributed by atoms with E-state index in [4.69, 9.17) is 4.42 Å². The van der Waals surface area contributed by atoms with Crippen LogP contribution >= 0.6 is 0 Å². The van der Waals surface area contributed by atoms with Crippen LogP contribution in [0.25, 0.3) is 22.4 Å². The Morgan fingerprint density at radius 1 is 1.11 bits per heavy atom. The number of anilines is 1. The van der Waals surface area contributed by atoms with Crippen molar-refractivity contribution in [3.8, 4) is 11.5 Å². The average Bonchev–Trinajstić information content (AvgIpc) is 3.28. The molecular formula is C21H20N4O2. The fourth-order valence-corrected chi connectivity index (χ4v) is 3.03. The van der Waals surface area contributed by atoms with Crippen LogP contribution < -0.4 is 5.32 Å². The van der Waals surface area contributed by atoms with Gasteiger partial charge in [-0.05, 0) is 49.7 Å². The Kier molecular flexibility index (Phi) is 4.70. The van der Waals surface area contributed by atoms with Crippen molar-refractivity contribution >= 4 is 22.5 Å². The molecule has 2 aromatic carbocycles. The molecule has 6 heteroatoms. The highest BCUT2D eigenvalue weighted by atomic mass is 16.4. The molecule has 136 valence electrons. The molecule has 0 aliphatic rings. The Labute approximate surface area is 156 Å². The van der Waals surface area contributed by atoms with Gasteiger partial charge in [0.25, 0.3) is 0 Å². The number of aryl methyl sites for hydroxylation is 2. The topological polar surface area (TPSA) is 83.8 Å². The van der Waals surface area contributed by atoms with Crippen LogP contribution in [-0.4, -0.2) is 21.1 Å². The summed E-state index contributed by atoms with van der Waals surface area (Å²) >= 11 is 0. The van der Waals surface area contributed by atoms with Gasteiger partial charge in [-0.3, -0.25) is 4.79 Å². The van der Waals surface area contributed by atoms with E-state index in [-0.39, 0.29) is 5.91 Å². The number of fused-ring (bicyclic) bond motifs is 1. The maximum absolute atomic E-state index is 12.2. The Hall–Kier alpha value is -3.41. The summed E-state index contributed by atoms with van der Waals surface area (Å²) in [6.07, 6.45) is 1.62. The van der Waals surface area contributed by atoms with Crippen LogP contribution in [-0.2, 0) is 11.2 Å². The van der Waals surface area contributed by atoms with Crippen LogP contribution in [0.2, 0.25) is 0 Å². The van der Waals surface area contributed by atoms with E-state index in [2.05, 4.69) is 26.6 Å². The highest BCUT2D eigenvalue weighted by Crippen LogP contribution is 2.20. The summed E-state index contributed by atoms with van der Waals surface area (Å²) in [5.74, 6) is 1.03. The SMILES string of the molecule is Cc1cc2cc(NC(=O)CCCc3nnc(-c4ccccc4)o3)ccc2[nH]1. The van der Waals surface area contributed by atoms with E-state index in [9.17, 15) is 4.79 Å². The summed E-state index contributed by atoms with van der Waals surface area (Å²) < 4.78 is 5.66. The lowest BCUT2D eigenvalue weighted by Crippen LogP contribution is -2.11. The molecule has 0 bridgehead atoms. The maximum atomic E-state index is 12.2. The molecule has 27 heavy (non-hydrogen) atoms. The van der Waals surface area contributed by atoms with E-state index in [0.29, 0.717) is 31.0 Å². The van der Waals surface area contributed by atoms with Crippen LogP contribution in [0.15, 0.2) is 59.0 Å². The number of carbonyl (C=O) groups is 1. The van der Waals surface area contributed by atoms with Gasteiger partial charge in [-0.2, -0.15) is 0 Å². The molecular weight excluding hydrogens is 340 g/mol. The lowest BCUT2D eigenvalue weighted by atomic mass is 10.2. The van der Waals surface area contributed by atoms with Gasteiger partial charge in [0.2, 0.25) is 17.7 Å². The second kappa shape index (κ2) is 7.45. The zero-order valence-corrected chi connectivity index (χ0v) is 15.0. The Morgan fingerprint density at radius 2 is 1.96 bits per heavy atom. The molecule has 0 radical (unpaired) electrons. The zero-order chi connectivity index (χ0) is 18.6. The molecule has 0 aliphatic carbocycles. The average molecular weight is 360 g/mol. The van der Waals surface area contributed by atoms with Gasteiger partial charge in [0.05, 0.1) is 0 Å². The van der Waals surface area contributed by atoms with E-state index in [1.54, 1.807) is 0 Å². The Morgan fingerprint density at radius 3 is 2.81 bits per heavy atom. The van der Waals surface area contributed by atoms with Crippen molar-refractivity contribution in [1.82, 2.24) is 15.2 Å². The van der Waals surface area contributed by atoms with E-state index in [1.807, 2.05) is 55.5 Å². The standard InChI is InChI=1S/C21H20N4O2/c1-14-12-16-13-17(10-11-18(16)22-14)23-19(26)8-5-9-20-24-25-21(27-20)15-6-3-2-4-7-15/h2-4,6-7,10-13,22H,5,8-9H2,1H3,(H,23,26). The van der Waals surface area contributed by atoms with E-state index < -0.39 is 0 Å². The second-order valence-corrected chi connectivity index (χ2v) is 6.52. The number of hydrogen-bond donors (Lipinski definition) is 2. The third-order valence-electron chi connectivity index (χ3n) is 4.32. The predicted octanol–water partition coefficient (Wildman–Crippen LogP) is 4.49. The molecule has 0 spiro atoms. The number of rotatable bonds is 6. The van der Waals surface area contributed by atoms with Crippen LogP contribution in [0.4, 0.5) is 5.69 Å². The molecule has 4 rings (SSSR count). The lowest BCUT2D eigenvalue weighted by Gasteiger charge is -2.04. The van der Waals surface area contributed by atoms with Gasteiger partial charge in [-0.1, -0.05) is 18.2 Å². The summed E-state index contributed by atoms with van der Waals surface area (Å²) in [7, 11) is 0. The minimum absolute atomic E-state index is 0.0237. The number of aromatic nitrogens is 3. The normalized spacial score (nSPS) is 11.0. The van der Waals surface area contributed by atoms with Crippen LogP contribution in [0.5, 0.6) is 0 Å². The molecule has 2 aromatic heterocycles. The van der Waals surface area contributed by atoms with Gasteiger partial charge in [-0.25, -0.2) is 0 Å². The van der Waals surface area contributed by atoms with Crippen molar-refractivity contribution in [2.45, 2.75) is 26.2 Å². The molecule has 0 saturated carbocycles. The van der Waals surface area contributed by atoms with Crippen molar-refractivity contribution in [3.05, 3.63) is 66.2 Å². The first-order valence-corrected chi connectivity index (χ1v) is 8.94. The third-order valence-corrected chi connectivity index (χ3v) is 4.32. The molecule has 4 aromatic rings. The smallest absolute Gasteiger partial charge is 0.247 e. The first-order valence-electron chi connectivity index (χ1n) is 8.94. The number of benzene rings is 2. The van der Waals surface area contributed by atoms with Gasteiger partial charge in [0.15, 0.2) is 0 Å². The van der Waals surface area contributed by atoms with Gasteiger partial charge >= 0.3 is 0 Å². The van der Waals surface area contributed by atoms with Crippen molar-refractivity contribution in [2.24, 2.45) is 0 Å². The number of nitrogens with zero attached hydrogens (tertiary/aromatic N) is 2. The van der Waals surface area contributed by atoms with Gasteiger partial charge in [-0.15, -0.1) is 10.2 Å². The molecule has 6 nitrogen and oxygen atoms in total. The minimum Gasteiger partial charge on any atom is -0.421 e. The fourth-order valence-electron chi connectivity index (χ4n) is 3.03. The number of carbonyl (C=O) groups excluding carboxylic acids is 1. The quantitative estimate of drug-likeness (QED) is 0.531. The van der Waals surface area contributed by atoms with E-state index in [0.717, 1.165) is 27.8 Å². The summed E-state index contributed by atoms with van der Waals surface area (Å²) in [6, 6.07) is 17.5. The molecule has 1 amide bonds. The predicted molar refractivity (Wildman–Crippen MR) is 104 cm³/mol. The zero-order valence-electron chi connectivity index (χ0n) is 15.0. The summed E-state index contributed by atoms with van der Waals surface area (Å²) in [4.78, 5) is 15.5. The van der Waals surface area contributed by atoms with Crippen LogP contribution in [0, 0.1) is 6.92 Å². The van der Waals surface area contributed by atoms with E-state index >= 15 is 0 Å². The number of H-pyrrole nitrogens is 1. The fraction of sp³-hybridized carbons (Fsp3) is 0.190. The number of aromatic amines is 1. The number of hydrogen-bond acceptors (Lipinski definition) is 4. The van der Waals surface area contributed by atoms with Crippen molar-refractivity contribution in [1.29, 1.82) is 0 Å². The summed E-state index contributed by atoms with van der Waals surface area (Å²) in [6.45, 7) is 2.01.